The third kappa shape index (κ3) is 5.79. The number of carbonyl (C=O) groups excluding carboxylic acids is 1. The Balaban J connectivity index is 0.00000242. The summed E-state index contributed by atoms with van der Waals surface area (Å²) in [5.41, 5.74) is 7.16. The molecule has 0 aliphatic carbocycles. The number of halogens is 4. The van der Waals surface area contributed by atoms with Crippen molar-refractivity contribution in [1.29, 1.82) is 0 Å². The Morgan fingerprint density at radius 3 is 2.48 bits per heavy atom. The van der Waals surface area contributed by atoms with Gasteiger partial charge in [-0.05, 0) is 31.9 Å². The summed E-state index contributed by atoms with van der Waals surface area (Å²) in [6, 6.07) is 5.55. The molecule has 1 heterocycles. The van der Waals surface area contributed by atoms with Crippen LogP contribution in [-0.2, 0) is 0 Å². The summed E-state index contributed by atoms with van der Waals surface area (Å²) in [4.78, 5) is 14.3. The quantitative estimate of drug-likeness (QED) is 0.838. The maximum Gasteiger partial charge on any atom is 0.277 e. The molecule has 1 aromatic rings. The third-order valence-corrected chi connectivity index (χ3v) is 3.65. The number of nitrogens with zero attached hydrogens (tertiary/aromatic N) is 1. The summed E-state index contributed by atoms with van der Waals surface area (Å²) in [5, 5.41) is 2.29. The number of anilines is 1. The van der Waals surface area contributed by atoms with E-state index in [1.165, 1.54) is 0 Å². The SMILES string of the molecule is Cc1ccc(N2CCCC2)c(C(=O)NCC(F)(F)CN)c1.Cl.Cl. The predicted molar refractivity (Wildman–Crippen MR) is 93.5 cm³/mol. The lowest BCUT2D eigenvalue weighted by Gasteiger charge is -2.22. The summed E-state index contributed by atoms with van der Waals surface area (Å²) in [6.07, 6.45) is 2.17. The monoisotopic (exact) mass is 369 g/mol. The van der Waals surface area contributed by atoms with Crippen LogP contribution < -0.4 is 16.0 Å². The van der Waals surface area contributed by atoms with E-state index in [2.05, 4.69) is 10.2 Å². The molecule has 0 unspecified atom stereocenters. The van der Waals surface area contributed by atoms with Gasteiger partial charge in [0.1, 0.15) is 0 Å². The van der Waals surface area contributed by atoms with Crippen LogP contribution in [0.3, 0.4) is 0 Å². The molecule has 132 valence electrons. The number of aryl methyl sites for hydroxylation is 1. The van der Waals surface area contributed by atoms with Crippen LogP contribution in [0.1, 0.15) is 28.8 Å². The summed E-state index contributed by atoms with van der Waals surface area (Å²) < 4.78 is 26.3. The first-order valence-electron chi connectivity index (χ1n) is 7.15. The average molecular weight is 370 g/mol. The van der Waals surface area contributed by atoms with E-state index in [1.807, 2.05) is 19.1 Å². The second kappa shape index (κ2) is 9.25. The van der Waals surface area contributed by atoms with E-state index >= 15 is 0 Å². The Labute approximate surface area is 147 Å². The summed E-state index contributed by atoms with van der Waals surface area (Å²) >= 11 is 0. The zero-order valence-electron chi connectivity index (χ0n) is 13.0. The van der Waals surface area contributed by atoms with Gasteiger partial charge in [-0.25, -0.2) is 8.78 Å². The number of hydrogen-bond donors (Lipinski definition) is 2. The van der Waals surface area contributed by atoms with Crippen LogP contribution in [-0.4, -0.2) is 38.0 Å². The lowest BCUT2D eigenvalue weighted by Crippen LogP contribution is -2.41. The number of carbonyl (C=O) groups is 1. The molecule has 0 saturated carbocycles. The first-order chi connectivity index (χ1) is 9.93. The zero-order valence-corrected chi connectivity index (χ0v) is 14.6. The minimum Gasteiger partial charge on any atom is -0.371 e. The van der Waals surface area contributed by atoms with Gasteiger partial charge in [0.25, 0.3) is 11.8 Å². The minimum atomic E-state index is -3.08. The number of alkyl halides is 2. The molecule has 0 radical (unpaired) electrons. The molecule has 0 spiro atoms. The molecular weight excluding hydrogens is 347 g/mol. The highest BCUT2D eigenvalue weighted by Crippen LogP contribution is 2.25. The van der Waals surface area contributed by atoms with Gasteiger partial charge in [0.05, 0.1) is 18.7 Å². The fourth-order valence-electron chi connectivity index (χ4n) is 2.44. The van der Waals surface area contributed by atoms with Gasteiger partial charge < -0.3 is 16.0 Å². The van der Waals surface area contributed by atoms with Gasteiger partial charge in [0.2, 0.25) is 0 Å². The topological polar surface area (TPSA) is 58.4 Å². The van der Waals surface area contributed by atoms with Crippen LogP contribution in [0.4, 0.5) is 14.5 Å². The third-order valence-electron chi connectivity index (χ3n) is 3.65. The second-order valence-corrected chi connectivity index (χ2v) is 5.46. The van der Waals surface area contributed by atoms with E-state index in [0.717, 1.165) is 37.2 Å². The number of hydrogen-bond acceptors (Lipinski definition) is 3. The van der Waals surface area contributed by atoms with E-state index in [-0.39, 0.29) is 24.8 Å². The average Bonchev–Trinajstić information content (AvgIpc) is 2.99. The number of nitrogens with one attached hydrogen (secondary N) is 1. The van der Waals surface area contributed by atoms with Crippen molar-refractivity contribution < 1.29 is 13.6 Å². The van der Waals surface area contributed by atoms with Gasteiger partial charge in [-0.3, -0.25) is 4.79 Å². The van der Waals surface area contributed by atoms with Crippen molar-refractivity contribution in [1.82, 2.24) is 5.32 Å². The Morgan fingerprint density at radius 1 is 1.30 bits per heavy atom. The molecule has 1 fully saturated rings. The smallest absolute Gasteiger partial charge is 0.277 e. The summed E-state index contributed by atoms with van der Waals surface area (Å²) in [7, 11) is 0. The van der Waals surface area contributed by atoms with Crippen molar-refractivity contribution in [2.24, 2.45) is 5.73 Å². The van der Waals surface area contributed by atoms with Crippen molar-refractivity contribution in [3.63, 3.8) is 0 Å². The molecule has 1 saturated heterocycles. The highest BCUT2D eigenvalue weighted by atomic mass is 35.5. The molecule has 0 aromatic heterocycles. The van der Waals surface area contributed by atoms with E-state index in [9.17, 15) is 13.6 Å². The molecule has 1 aliphatic heterocycles. The van der Waals surface area contributed by atoms with Crippen molar-refractivity contribution >= 4 is 36.4 Å². The van der Waals surface area contributed by atoms with Crippen LogP contribution in [0.5, 0.6) is 0 Å². The maximum absolute atomic E-state index is 13.2. The number of nitrogens with two attached hydrogens (primary N) is 1. The zero-order chi connectivity index (χ0) is 15.5. The van der Waals surface area contributed by atoms with Crippen LogP contribution in [0.25, 0.3) is 0 Å². The number of benzene rings is 1. The standard InChI is InChI=1S/C15H21F2N3O.2ClH/c1-11-4-5-13(20-6-2-3-7-20)12(8-11)14(21)19-10-15(16,17)9-18;;/h4-5,8H,2-3,6-7,9-10,18H2,1H3,(H,19,21);2*1H. The van der Waals surface area contributed by atoms with Gasteiger partial charge in [-0.2, -0.15) is 0 Å². The van der Waals surface area contributed by atoms with E-state index in [1.54, 1.807) is 6.07 Å². The molecule has 23 heavy (non-hydrogen) atoms. The predicted octanol–water partition coefficient (Wildman–Crippen LogP) is 2.76. The first-order valence-corrected chi connectivity index (χ1v) is 7.15. The molecule has 8 heteroatoms. The molecule has 1 aromatic carbocycles. The van der Waals surface area contributed by atoms with Crippen molar-refractivity contribution in [3.8, 4) is 0 Å². The van der Waals surface area contributed by atoms with Crippen molar-refractivity contribution in [2.45, 2.75) is 25.7 Å². The first kappa shape index (κ1) is 21.9. The van der Waals surface area contributed by atoms with E-state index in [4.69, 9.17) is 5.73 Å². The number of rotatable bonds is 5. The lowest BCUT2D eigenvalue weighted by molar-refractivity contribution is 0.0119. The molecule has 1 amide bonds. The van der Waals surface area contributed by atoms with Crippen LogP contribution in [0.15, 0.2) is 18.2 Å². The Morgan fingerprint density at radius 2 is 1.91 bits per heavy atom. The highest BCUT2D eigenvalue weighted by Gasteiger charge is 2.28. The Kier molecular flexibility index (Phi) is 8.80. The van der Waals surface area contributed by atoms with Gasteiger partial charge in [0.15, 0.2) is 0 Å². The molecule has 4 nitrogen and oxygen atoms in total. The molecule has 0 atom stereocenters. The fraction of sp³-hybridized carbons (Fsp3) is 0.533. The molecule has 0 bridgehead atoms. The largest absolute Gasteiger partial charge is 0.371 e. The van der Waals surface area contributed by atoms with E-state index in [0.29, 0.717) is 5.56 Å². The molecule has 3 N–H and O–H groups in total. The fourth-order valence-corrected chi connectivity index (χ4v) is 2.44. The molecule has 2 rings (SSSR count). The number of amides is 1. The van der Waals surface area contributed by atoms with Gasteiger partial charge >= 0.3 is 0 Å². The van der Waals surface area contributed by atoms with Crippen molar-refractivity contribution in [2.75, 3.05) is 31.1 Å². The van der Waals surface area contributed by atoms with Gasteiger partial charge in [0, 0.05) is 18.8 Å². The van der Waals surface area contributed by atoms with Crippen molar-refractivity contribution in [3.05, 3.63) is 29.3 Å². The van der Waals surface area contributed by atoms with Crippen LogP contribution in [0.2, 0.25) is 0 Å². The Hall–Kier alpha value is -1.11. The minimum absolute atomic E-state index is 0. The summed E-state index contributed by atoms with van der Waals surface area (Å²) in [6.45, 7) is 2.14. The molecular formula is C15H23Cl2F2N3O. The summed E-state index contributed by atoms with van der Waals surface area (Å²) in [5.74, 6) is -3.55. The molecule has 1 aliphatic rings. The second-order valence-electron chi connectivity index (χ2n) is 5.46. The Bertz CT molecular complexity index is 523. The van der Waals surface area contributed by atoms with Crippen LogP contribution >= 0.6 is 24.8 Å². The maximum atomic E-state index is 13.2. The van der Waals surface area contributed by atoms with Crippen LogP contribution in [0, 0.1) is 6.92 Å². The lowest BCUT2D eigenvalue weighted by atomic mass is 10.1. The van der Waals surface area contributed by atoms with E-state index < -0.39 is 24.9 Å². The van der Waals surface area contributed by atoms with Gasteiger partial charge in [-0.1, -0.05) is 11.6 Å². The normalized spacial score (nSPS) is 14.0. The highest BCUT2D eigenvalue weighted by molar-refractivity contribution is 6.00. The van der Waals surface area contributed by atoms with Gasteiger partial charge in [-0.15, -0.1) is 24.8 Å².